The Labute approximate surface area is 81.6 Å². The van der Waals surface area contributed by atoms with Gasteiger partial charge in [0.15, 0.2) is 0 Å². The van der Waals surface area contributed by atoms with E-state index in [4.69, 9.17) is 0 Å². The smallest absolute Gasteiger partial charge is 0.0654 e. The minimum Gasteiger partial charge on any atom is -0.264 e. The van der Waals surface area contributed by atoms with Gasteiger partial charge in [0, 0.05) is 0 Å². The van der Waals surface area contributed by atoms with Gasteiger partial charge >= 0.3 is 0 Å². The second-order valence-corrected chi connectivity index (χ2v) is 2.79. The SMILES string of the molecule is C=CC1=CCC(C)C=C1N=C.CC. The molecular weight excluding hydrogens is 158 g/mol. The van der Waals surface area contributed by atoms with Crippen LogP contribution < -0.4 is 0 Å². The topological polar surface area (TPSA) is 12.4 Å². The molecule has 0 aliphatic heterocycles. The number of aliphatic imine (C=N–C) groups is 1. The standard InChI is InChI=1S/C10H13N.C2H6/c1-4-9-6-5-8(2)7-10(9)11-3;1-2/h4,6-8H,1,3,5H2,2H3;1-2H3. The van der Waals surface area contributed by atoms with Crippen molar-refractivity contribution < 1.29 is 0 Å². The van der Waals surface area contributed by atoms with E-state index in [1.807, 2.05) is 19.9 Å². The summed E-state index contributed by atoms with van der Waals surface area (Å²) in [6, 6.07) is 0. The van der Waals surface area contributed by atoms with Gasteiger partial charge in [-0.2, -0.15) is 0 Å². The lowest BCUT2D eigenvalue weighted by atomic mass is 9.96. The van der Waals surface area contributed by atoms with E-state index in [-0.39, 0.29) is 0 Å². The number of rotatable bonds is 2. The fraction of sp³-hybridized carbons (Fsp3) is 0.417. The highest BCUT2D eigenvalue weighted by Gasteiger charge is 2.07. The van der Waals surface area contributed by atoms with Gasteiger partial charge in [0.05, 0.1) is 5.70 Å². The third kappa shape index (κ3) is 3.41. The molecule has 1 aliphatic carbocycles. The van der Waals surface area contributed by atoms with Crippen molar-refractivity contribution in [3.8, 4) is 0 Å². The predicted octanol–water partition coefficient (Wildman–Crippen LogP) is 3.75. The summed E-state index contributed by atoms with van der Waals surface area (Å²) in [7, 11) is 0. The molecule has 1 rings (SSSR count). The molecule has 0 N–H and O–H groups in total. The van der Waals surface area contributed by atoms with E-state index in [2.05, 4.69) is 37.4 Å². The fourth-order valence-electron chi connectivity index (χ4n) is 1.18. The number of hydrogen-bond donors (Lipinski definition) is 0. The van der Waals surface area contributed by atoms with Crippen molar-refractivity contribution in [1.29, 1.82) is 0 Å². The van der Waals surface area contributed by atoms with Crippen molar-refractivity contribution in [3.63, 3.8) is 0 Å². The van der Waals surface area contributed by atoms with Gasteiger partial charge in [-0.1, -0.05) is 45.6 Å². The summed E-state index contributed by atoms with van der Waals surface area (Å²) in [5.41, 5.74) is 2.08. The van der Waals surface area contributed by atoms with Gasteiger partial charge in [0.1, 0.15) is 0 Å². The molecule has 0 aromatic heterocycles. The molecule has 0 spiro atoms. The van der Waals surface area contributed by atoms with E-state index in [0.29, 0.717) is 5.92 Å². The first-order valence-corrected chi connectivity index (χ1v) is 4.79. The first-order valence-electron chi connectivity index (χ1n) is 4.79. The highest BCUT2D eigenvalue weighted by Crippen LogP contribution is 2.23. The maximum atomic E-state index is 3.92. The van der Waals surface area contributed by atoms with Crippen LogP contribution >= 0.6 is 0 Å². The third-order valence-electron chi connectivity index (χ3n) is 1.84. The Morgan fingerprint density at radius 3 is 2.62 bits per heavy atom. The molecule has 0 amide bonds. The summed E-state index contributed by atoms with van der Waals surface area (Å²) in [6.45, 7) is 13.4. The second-order valence-electron chi connectivity index (χ2n) is 2.79. The Morgan fingerprint density at radius 2 is 2.15 bits per heavy atom. The summed E-state index contributed by atoms with van der Waals surface area (Å²) < 4.78 is 0. The molecule has 1 unspecified atom stereocenters. The molecule has 72 valence electrons. The van der Waals surface area contributed by atoms with Crippen molar-refractivity contribution in [2.24, 2.45) is 10.9 Å². The highest BCUT2D eigenvalue weighted by molar-refractivity contribution is 5.45. The van der Waals surface area contributed by atoms with Gasteiger partial charge in [-0.05, 0) is 24.6 Å². The molecule has 1 atom stereocenters. The van der Waals surface area contributed by atoms with Crippen molar-refractivity contribution in [3.05, 3.63) is 36.1 Å². The Hall–Kier alpha value is -1.11. The summed E-state index contributed by atoms with van der Waals surface area (Å²) in [5, 5.41) is 0. The van der Waals surface area contributed by atoms with Crippen LogP contribution in [-0.4, -0.2) is 6.72 Å². The van der Waals surface area contributed by atoms with Gasteiger partial charge in [0.25, 0.3) is 0 Å². The van der Waals surface area contributed by atoms with Gasteiger partial charge < -0.3 is 0 Å². The molecule has 0 saturated carbocycles. The Kier molecular flexibility index (Phi) is 5.86. The Balaban J connectivity index is 0.000000671. The summed E-state index contributed by atoms with van der Waals surface area (Å²) in [4.78, 5) is 3.92. The molecule has 0 saturated heterocycles. The molecular formula is C12H19N. The predicted molar refractivity (Wildman–Crippen MR) is 61.0 cm³/mol. The lowest BCUT2D eigenvalue weighted by Gasteiger charge is -2.13. The van der Waals surface area contributed by atoms with E-state index >= 15 is 0 Å². The molecule has 0 heterocycles. The van der Waals surface area contributed by atoms with Crippen LogP contribution in [-0.2, 0) is 0 Å². The Bertz CT molecular complexity index is 234. The van der Waals surface area contributed by atoms with Crippen molar-refractivity contribution in [2.75, 3.05) is 0 Å². The zero-order valence-corrected chi connectivity index (χ0v) is 8.88. The minimum atomic E-state index is 0.583. The first-order chi connectivity index (χ1) is 6.27. The summed E-state index contributed by atoms with van der Waals surface area (Å²) >= 11 is 0. The van der Waals surface area contributed by atoms with E-state index in [9.17, 15) is 0 Å². The van der Waals surface area contributed by atoms with Crippen LogP contribution in [0, 0.1) is 5.92 Å². The zero-order valence-electron chi connectivity index (χ0n) is 8.88. The summed E-state index contributed by atoms with van der Waals surface area (Å²) in [5.74, 6) is 0.583. The maximum Gasteiger partial charge on any atom is 0.0654 e. The molecule has 0 aromatic carbocycles. The fourth-order valence-corrected chi connectivity index (χ4v) is 1.18. The van der Waals surface area contributed by atoms with Crippen LogP contribution in [0.5, 0.6) is 0 Å². The average molecular weight is 177 g/mol. The van der Waals surface area contributed by atoms with Gasteiger partial charge in [-0.3, -0.25) is 4.99 Å². The average Bonchev–Trinajstić information content (AvgIpc) is 2.20. The molecule has 1 heteroatoms. The maximum absolute atomic E-state index is 3.92. The van der Waals surface area contributed by atoms with Crippen LogP contribution in [0.25, 0.3) is 0 Å². The number of nitrogens with zero attached hydrogens (tertiary/aromatic N) is 1. The van der Waals surface area contributed by atoms with Crippen molar-refractivity contribution in [2.45, 2.75) is 27.2 Å². The van der Waals surface area contributed by atoms with Crippen molar-refractivity contribution in [1.82, 2.24) is 0 Å². The van der Waals surface area contributed by atoms with Crippen LogP contribution in [0.15, 0.2) is 41.1 Å². The van der Waals surface area contributed by atoms with Crippen LogP contribution in [0.1, 0.15) is 27.2 Å². The van der Waals surface area contributed by atoms with Crippen LogP contribution in [0.2, 0.25) is 0 Å². The normalized spacial score (nSPS) is 20.4. The first kappa shape index (κ1) is 11.9. The highest BCUT2D eigenvalue weighted by atomic mass is 14.7. The number of allylic oxidation sites excluding steroid dienone is 3. The van der Waals surface area contributed by atoms with Crippen molar-refractivity contribution >= 4 is 6.72 Å². The molecule has 0 radical (unpaired) electrons. The van der Waals surface area contributed by atoms with Gasteiger partial charge in [-0.15, -0.1) is 0 Å². The Morgan fingerprint density at radius 1 is 1.54 bits per heavy atom. The van der Waals surface area contributed by atoms with E-state index in [1.54, 1.807) is 0 Å². The van der Waals surface area contributed by atoms with E-state index in [1.165, 1.54) is 0 Å². The molecule has 0 aromatic rings. The number of hydrogen-bond acceptors (Lipinski definition) is 1. The molecule has 0 fully saturated rings. The van der Waals surface area contributed by atoms with Crippen LogP contribution in [0.3, 0.4) is 0 Å². The van der Waals surface area contributed by atoms with Gasteiger partial charge in [-0.25, -0.2) is 0 Å². The van der Waals surface area contributed by atoms with E-state index < -0.39 is 0 Å². The van der Waals surface area contributed by atoms with E-state index in [0.717, 1.165) is 17.7 Å². The summed E-state index contributed by atoms with van der Waals surface area (Å²) in [6.07, 6.45) is 7.19. The molecule has 1 aliphatic rings. The minimum absolute atomic E-state index is 0.583. The largest absolute Gasteiger partial charge is 0.264 e. The quantitative estimate of drug-likeness (QED) is 0.570. The van der Waals surface area contributed by atoms with Gasteiger partial charge in [0.2, 0.25) is 0 Å². The molecule has 0 bridgehead atoms. The lowest BCUT2D eigenvalue weighted by Crippen LogP contribution is -1.97. The second kappa shape index (κ2) is 6.41. The lowest BCUT2D eigenvalue weighted by molar-refractivity contribution is 0.723. The zero-order chi connectivity index (χ0) is 10.3. The third-order valence-corrected chi connectivity index (χ3v) is 1.84. The monoisotopic (exact) mass is 177 g/mol. The molecule has 13 heavy (non-hydrogen) atoms. The van der Waals surface area contributed by atoms with Crippen LogP contribution in [0.4, 0.5) is 0 Å². The molecule has 1 nitrogen and oxygen atoms in total.